The zero-order chi connectivity index (χ0) is 19.9. The summed E-state index contributed by atoms with van der Waals surface area (Å²) in [5.41, 5.74) is 0.874. The first-order valence-electron chi connectivity index (χ1n) is 10.1. The fraction of sp³-hybridized carbons (Fsp3) is 0.667. The second-order valence-electron chi connectivity index (χ2n) is 7.37. The molecular formula is C21H31NO6. The zero-order valence-electron chi connectivity index (χ0n) is 16.6. The van der Waals surface area contributed by atoms with Crippen LogP contribution in [0.3, 0.4) is 0 Å². The van der Waals surface area contributed by atoms with Crippen molar-refractivity contribution in [3.05, 3.63) is 35.9 Å². The van der Waals surface area contributed by atoms with Gasteiger partial charge in [-0.1, -0.05) is 56.5 Å². The summed E-state index contributed by atoms with van der Waals surface area (Å²) in [7, 11) is 0. The molecule has 1 aromatic carbocycles. The lowest BCUT2D eigenvalue weighted by Crippen LogP contribution is -2.66. The Balaban J connectivity index is 1.64. The third-order valence-electron chi connectivity index (χ3n) is 5.09. The van der Waals surface area contributed by atoms with Crippen LogP contribution in [-0.2, 0) is 23.7 Å². The van der Waals surface area contributed by atoms with Crippen molar-refractivity contribution in [2.24, 2.45) is 0 Å². The minimum Gasteiger partial charge on any atom is -0.388 e. The summed E-state index contributed by atoms with van der Waals surface area (Å²) in [4.78, 5) is 11.7. The molecule has 0 aromatic heterocycles. The van der Waals surface area contributed by atoms with Crippen LogP contribution in [-0.4, -0.2) is 54.9 Å². The highest BCUT2D eigenvalue weighted by molar-refractivity contribution is 5.73. The molecule has 2 saturated heterocycles. The van der Waals surface area contributed by atoms with Gasteiger partial charge in [-0.15, -0.1) is 0 Å². The van der Waals surface area contributed by atoms with Crippen molar-refractivity contribution in [2.45, 2.75) is 76.5 Å². The van der Waals surface area contributed by atoms with Gasteiger partial charge in [0, 0.05) is 19.1 Å². The Morgan fingerprint density at radius 1 is 1.21 bits per heavy atom. The lowest BCUT2D eigenvalue weighted by atomic mass is 9.95. The van der Waals surface area contributed by atoms with E-state index in [9.17, 15) is 9.90 Å². The fourth-order valence-electron chi connectivity index (χ4n) is 3.63. The molecule has 0 saturated carbocycles. The lowest BCUT2D eigenvalue weighted by molar-refractivity contribution is -0.344. The van der Waals surface area contributed by atoms with E-state index >= 15 is 0 Å². The summed E-state index contributed by atoms with van der Waals surface area (Å²) in [6.07, 6.45) is 0.942. The minimum atomic E-state index is -0.960. The molecule has 1 unspecified atom stereocenters. The number of rotatable bonds is 8. The Bertz CT molecular complexity index is 612. The van der Waals surface area contributed by atoms with Crippen molar-refractivity contribution >= 4 is 5.91 Å². The van der Waals surface area contributed by atoms with E-state index in [4.69, 9.17) is 18.9 Å². The number of ether oxygens (including phenoxy) is 4. The van der Waals surface area contributed by atoms with Crippen molar-refractivity contribution in [1.29, 1.82) is 0 Å². The maximum Gasteiger partial charge on any atom is 0.217 e. The summed E-state index contributed by atoms with van der Waals surface area (Å²) in [6.45, 7) is 4.36. The molecule has 1 amide bonds. The first kappa shape index (κ1) is 21.2. The summed E-state index contributed by atoms with van der Waals surface area (Å²) < 4.78 is 23.7. The topological polar surface area (TPSA) is 86.2 Å². The second-order valence-corrected chi connectivity index (χ2v) is 7.37. The molecule has 0 spiro atoms. The average molecular weight is 393 g/mol. The van der Waals surface area contributed by atoms with Crippen molar-refractivity contribution in [3.63, 3.8) is 0 Å². The van der Waals surface area contributed by atoms with E-state index in [0.717, 1.165) is 31.2 Å². The third-order valence-corrected chi connectivity index (χ3v) is 5.09. The van der Waals surface area contributed by atoms with Gasteiger partial charge in [-0.3, -0.25) is 4.79 Å². The average Bonchev–Trinajstić information content (AvgIpc) is 2.70. The summed E-state index contributed by atoms with van der Waals surface area (Å²) in [6, 6.07) is 8.86. The molecule has 28 heavy (non-hydrogen) atoms. The summed E-state index contributed by atoms with van der Waals surface area (Å²) in [5.74, 6) is -0.252. The van der Waals surface area contributed by atoms with E-state index in [-0.39, 0.29) is 12.5 Å². The van der Waals surface area contributed by atoms with Gasteiger partial charge in [-0.2, -0.15) is 0 Å². The molecule has 0 radical (unpaired) electrons. The van der Waals surface area contributed by atoms with Crippen LogP contribution in [0, 0.1) is 0 Å². The van der Waals surface area contributed by atoms with Crippen LogP contribution in [0.4, 0.5) is 0 Å². The molecule has 2 fully saturated rings. The van der Waals surface area contributed by atoms with E-state index in [1.54, 1.807) is 0 Å². The van der Waals surface area contributed by atoms with Gasteiger partial charge in [-0.05, 0) is 6.42 Å². The van der Waals surface area contributed by atoms with Crippen molar-refractivity contribution in [3.8, 4) is 0 Å². The van der Waals surface area contributed by atoms with Gasteiger partial charge in [0.1, 0.15) is 24.4 Å². The minimum absolute atomic E-state index is 0.252. The first-order chi connectivity index (χ1) is 13.6. The molecule has 0 bridgehead atoms. The van der Waals surface area contributed by atoms with E-state index in [1.165, 1.54) is 6.92 Å². The molecule has 6 atom stereocenters. The van der Waals surface area contributed by atoms with Crippen LogP contribution in [0.15, 0.2) is 30.3 Å². The summed E-state index contributed by atoms with van der Waals surface area (Å²) >= 11 is 0. The normalized spacial score (nSPS) is 32.5. The predicted octanol–water partition coefficient (Wildman–Crippen LogP) is 2.29. The largest absolute Gasteiger partial charge is 0.388 e. The number of nitrogens with one attached hydrogen (secondary N) is 1. The lowest BCUT2D eigenvalue weighted by Gasteiger charge is -2.47. The van der Waals surface area contributed by atoms with Gasteiger partial charge >= 0.3 is 0 Å². The van der Waals surface area contributed by atoms with E-state index < -0.39 is 36.9 Å². The number of benzene rings is 1. The highest BCUT2D eigenvalue weighted by Crippen LogP contribution is 2.34. The Labute approximate surface area is 166 Å². The van der Waals surface area contributed by atoms with Crippen molar-refractivity contribution in [1.82, 2.24) is 5.32 Å². The van der Waals surface area contributed by atoms with E-state index in [2.05, 4.69) is 12.2 Å². The number of carbonyl (C=O) groups excluding carboxylic acids is 1. The highest BCUT2D eigenvalue weighted by atomic mass is 16.7. The SMILES string of the molecule is CCCCCCO[C@@H]1O[C@@H]2COC(c3ccccc3)O[C@H]2[C@H](O)[C@H]1NC(C)=O. The van der Waals surface area contributed by atoms with Gasteiger partial charge in [0.15, 0.2) is 12.6 Å². The van der Waals surface area contributed by atoms with Crippen LogP contribution in [0.2, 0.25) is 0 Å². The van der Waals surface area contributed by atoms with E-state index in [0.29, 0.717) is 6.61 Å². The number of unbranched alkanes of at least 4 members (excludes halogenated alkanes) is 3. The molecule has 1 aromatic rings. The maximum atomic E-state index is 11.7. The van der Waals surface area contributed by atoms with Gasteiger partial charge in [0.05, 0.1) is 6.61 Å². The molecule has 2 aliphatic heterocycles. The Hall–Kier alpha value is -1.51. The van der Waals surface area contributed by atoms with Crippen LogP contribution in [0.25, 0.3) is 0 Å². The second kappa shape index (κ2) is 10.3. The van der Waals surface area contributed by atoms with Crippen LogP contribution in [0.1, 0.15) is 51.4 Å². The van der Waals surface area contributed by atoms with Crippen molar-refractivity contribution in [2.75, 3.05) is 13.2 Å². The number of aliphatic hydroxyl groups excluding tert-OH is 1. The highest BCUT2D eigenvalue weighted by Gasteiger charge is 2.50. The molecule has 2 aliphatic rings. The fourth-order valence-corrected chi connectivity index (χ4v) is 3.63. The predicted molar refractivity (Wildman–Crippen MR) is 102 cm³/mol. The number of hydrogen-bond donors (Lipinski definition) is 2. The molecular weight excluding hydrogens is 362 g/mol. The number of fused-ring (bicyclic) bond motifs is 1. The summed E-state index contributed by atoms with van der Waals surface area (Å²) in [5, 5.41) is 13.7. The molecule has 7 nitrogen and oxygen atoms in total. The number of carbonyl (C=O) groups is 1. The molecule has 2 heterocycles. The number of aliphatic hydroxyl groups is 1. The molecule has 2 N–H and O–H groups in total. The van der Waals surface area contributed by atoms with E-state index in [1.807, 2.05) is 30.3 Å². The molecule has 3 rings (SSSR count). The molecule has 156 valence electrons. The number of hydrogen-bond acceptors (Lipinski definition) is 6. The van der Waals surface area contributed by atoms with Crippen LogP contribution < -0.4 is 5.32 Å². The maximum absolute atomic E-state index is 11.7. The zero-order valence-corrected chi connectivity index (χ0v) is 16.6. The van der Waals surface area contributed by atoms with Gasteiger partial charge in [0.2, 0.25) is 5.91 Å². The number of amides is 1. The molecule has 0 aliphatic carbocycles. The van der Waals surface area contributed by atoms with Crippen LogP contribution >= 0.6 is 0 Å². The van der Waals surface area contributed by atoms with Crippen LogP contribution in [0.5, 0.6) is 0 Å². The Morgan fingerprint density at radius 3 is 2.71 bits per heavy atom. The van der Waals surface area contributed by atoms with Gasteiger partial charge in [0.25, 0.3) is 0 Å². The first-order valence-corrected chi connectivity index (χ1v) is 10.1. The van der Waals surface area contributed by atoms with Crippen molar-refractivity contribution < 1.29 is 28.8 Å². The monoisotopic (exact) mass is 393 g/mol. The quantitative estimate of drug-likeness (QED) is 0.659. The van der Waals surface area contributed by atoms with Gasteiger partial charge in [-0.25, -0.2) is 0 Å². The Morgan fingerprint density at radius 2 is 2.00 bits per heavy atom. The third kappa shape index (κ3) is 5.30. The standard InChI is InChI=1S/C21H31NO6/c1-3-4-5-9-12-25-21-17(22-14(2)23)18(24)19-16(27-21)13-26-20(28-19)15-10-7-6-8-11-15/h6-8,10-11,16-21,24H,3-5,9,12-13H2,1-2H3,(H,22,23)/t16-,17-,18-,19-,20?,21-/m1/s1. The molecule has 7 heteroatoms. The van der Waals surface area contributed by atoms with Gasteiger partial charge < -0.3 is 29.4 Å². The Kier molecular flexibility index (Phi) is 7.82. The smallest absolute Gasteiger partial charge is 0.217 e.